The van der Waals surface area contributed by atoms with E-state index in [2.05, 4.69) is 22.2 Å². The number of ether oxygens (including phenoxy) is 2. The molecule has 0 amide bonds. The van der Waals surface area contributed by atoms with Gasteiger partial charge in [0, 0.05) is 23.4 Å². The molecule has 1 N–H and O–H groups in total. The Morgan fingerprint density at radius 2 is 1.73 bits per heavy atom. The lowest BCUT2D eigenvalue weighted by Gasteiger charge is -2.13. The second kappa shape index (κ2) is 11.9. The van der Waals surface area contributed by atoms with E-state index in [1.54, 1.807) is 54.6 Å². The molecule has 37 heavy (non-hydrogen) atoms. The molecule has 4 aromatic rings. The highest BCUT2D eigenvalue weighted by atomic mass is 16.7. The van der Waals surface area contributed by atoms with Crippen LogP contribution in [0.15, 0.2) is 79.1 Å². The van der Waals surface area contributed by atoms with Gasteiger partial charge in [0.15, 0.2) is 5.78 Å². The van der Waals surface area contributed by atoms with Crippen molar-refractivity contribution in [2.75, 3.05) is 5.32 Å². The summed E-state index contributed by atoms with van der Waals surface area (Å²) in [6.07, 6.45) is 2.07. The predicted octanol–water partition coefficient (Wildman–Crippen LogP) is 6.22. The summed E-state index contributed by atoms with van der Waals surface area (Å²) in [5, 5.41) is 4.01. The standard InChI is InChI=1S/C29H27N3O5/c1-3-9-19(2)26(33)23-14-8-15-24-25(23)31-18-32-27(24)30-17-20-10-7-13-22(16-20)36-29(35)37-28(34)21-11-5-4-6-12-21/h4-8,10-16,18-19H,3,9,17H2,1-2H3,(H,30,31,32). The normalized spacial score (nSPS) is 11.5. The first-order valence-corrected chi connectivity index (χ1v) is 12.1. The van der Waals surface area contributed by atoms with Gasteiger partial charge in [0.1, 0.15) is 17.9 Å². The number of hydrogen-bond acceptors (Lipinski definition) is 8. The van der Waals surface area contributed by atoms with E-state index < -0.39 is 12.1 Å². The minimum absolute atomic E-state index is 0.0691. The van der Waals surface area contributed by atoms with Crippen LogP contribution >= 0.6 is 0 Å². The number of Topliss-reactive ketones (excluding diaryl/α,β-unsaturated/α-hetero) is 1. The molecule has 8 heteroatoms. The summed E-state index contributed by atoms with van der Waals surface area (Å²) >= 11 is 0. The number of ketones is 1. The fraction of sp³-hybridized carbons (Fsp3) is 0.207. The molecule has 0 saturated heterocycles. The Morgan fingerprint density at radius 3 is 2.51 bits per heavy atom. The first-order valence-electron chi connectivity index (χ1n) is 12.1. The third-order valence-electron chi connectivity index (χ3n) is 5.84. The van der Waals surface area contributed by atoms with Crippen LogP contribution < -0.4 is 10.1 Å². The van der Waals surface area contributed by atoms with Crippen molar-refractivity contribution in [3.05, 3.63) is 95.8 Å². The third-order valence-corrected chi connectivity index (χ3v) is 5.84. The van der Waals surface area contributed by atoms with Crippen molar-refractivity contribution in [2.24, 2.45) is 5.92 Å². The van der Waals surface area contributed by atoms with E-state index in [9.17, 15) is 14.4 Å². The molecule has 1 heterocycles. The van der Waals surface area contributed by atoms with E-state index in [1.807, 2.05) is 25.1 Å². The molecule has 8 nitrogen and oxygen atoms in total. The molecule has 0 radical (unpaired) electrons. The number of para-hydroxylation sites is 1. The maximum absolute atomic E-state index is 13.0. The topological polar surface area (TPSA) is 107 Å². The zero-order valence-corrected chi connectivity index (χ0v) is 20.6. The molecular weight excluding hydrogens is 470 g/mol. The number of aromatic nitrogens is 2. The zero-order valence-electron chi connectivity index (χ0n) is 20.6. The molecule has 1 aromatic heterocycles. The van der Waals surface area contributed by atoms with Crippen LogP contribution in [0.25, 0.3) is 10.9 Å². The van der Waals surface area contributed by atoms with Gasteiger partial charge in [0.05, 0.1) is 11.1 Å². The molecule has 3 aromatic carbocycles. The predicted molar refractivity (Wildman–Crippen MR) is 140 cm³/mol. The van der Waals surface area contributed by atoms with Gasteiger partial charge < -0.3 is 14.8 Å². The fourth-order valence-electron chi connectivity index (χ4n) is 3.99. The number of carbonyl (C=O) groups is 3. The van der Waals surface area contributed by atoms with Gasteiger partial charge in [-0.3, -0.25) is 4.79 Å². The maximum Gasteiger partial charge on any atom is 0.521 e. The number of nitrogens with one attached hydrogen (secondary N) is 1. The second-order valence-electron chi connectivity index (χ2n) is 8.59. The Balaban J connectivity index is 1.44. The summed E-state index contributed by atoms with van der Waals surface area (Å²) < 4.78 is 9.94. The Morgan fingerprint density at radius 1 is 0.946 bits per heavy atom. The molecule has 0 bridgehead atoms. The van der Waals surface area contributed by atoms with Crippen molar-refractivity contribution in [1.82, 2.24) is 9.97 Å². The van der Waals surface area contributed by atoms with E-state index in [0.717, 1.165) is 23.8 Å². The molecule has 0 saturated carbocycles. The molecule has 0 aliphatic rings. The van der Waals surface area contributed by atoms with Gasteiger partial charge in [0.2, 0.25) is 0 Å². The van der Waals surface area contributed by atoms with E-state index in [-0.39, 0.29) is 23.0 Å². The lowest BCUT2D eigenvalue weighted by molar-refractivity contribution is 0.0529. The number of esters is 1. The van der Waals surface area contributed by atoms with Crippen LogP contribution in [0.5, 0.6) is 5.75 Å². The Labute approximate surface area is 214 Å². The van der Waals surface area contributed by atoms with Crippen molar-refractivity contribution in [1.29, 1.82) is 0 Å². The van der Waals surface area contributed by atoms with Crippen LogP contribution in [-0.2, 0) is 11.3 Å². The highest BCUT2D eigenvalue weighted by Crippen LogP contribution is 2.26. The van der Waals surface area contributed by atoms with Gasteiger partial charge >= 0.3 is 12.1 Å². The molecule has 1 unspecified atom stereocenters. The quantitative estimate of drug-likeness (QED) is 0.126. The van der Waals surface area contributed by atoms with E-state index in [4.69, 9.17) is 9.47 Å². The third kappa shape index (κ3) is 6.35. The number of benzene rings is 3. The summed E-state index contributed by atoms with van der Waals surface area (Å²) in [6, 6.07) is 20.5. The molecular formula is C29H27N3O5. The number of anilines is 1. The largest absolute Gasteiger partial charge is 0.521 e. The second-order valence-corrected chi connectivity index (χ2v) is 8.59. The Bertz CT molecular complexity index is 1420. The summed E-state index contributed by atoms with van der Waals surface area (Å²) in [4.78, 5) is 45.8. The zero-order chi connectivity index (χ0) is 26.2. The molecule has 0 aliphatic heterocycles. The number of carbonyl (C=O) groups excluding carboxylic acids is 3. The van der Waals surface area contributed by atoms with Crippen LogP contribution in [0.4, 0.5) is 10.6 Å². The van der Waals surface area contributed by atoms with Crippen molar-refractivity contribution >= 4 is 34.6 Å². The Kier molecular flexibility index (Phi) is 8.20. The first-order chi connectivity index (χ1) is 18.0. The van der Waals surface area contributed by atoms with Crippen LogP contribution in [0.1, 0.15) is 53.0 Å². The fourth-order valence-corrected chi connectivity index (χ4v) is 3.99. The molecule has 0 aliphatic carbocycles. The van der Waals surface area contributed by atoms with E-state index in [1.165, 1.54) is 6.33 Å². The smallest absolute Gasteiger partial charge is 0.395 e. The van der Waals surface area contributed by atoms with Gasteiger partial charge in [-0.1, -0.05) is 56.7 Å². The number of rotatable bonds is 9. The first kappa shape index (κ1) is 25.5. The van der Waals surface area contributed by atoms with Gasteiger partial charge in [0.25, 0.3) is 0 Å². The number of fused-ring (bicyclic) bond motifs is 1. The summed E-state index contributed by atoms with van der Waals surface area (Å²) in [5.74, 6) is 0.0115. The van der Waals surface area contributed by atoms with Gasteiger partial charge in [-0.15, -0.1) is 0 Å². The van der Waals surface area contributed by atoms with Crippen molar-refractivity contribution in [2.45, 2.75) is 33.2 Å². The molecule has 1 atom stereocenters. The van der Waals surface area contributed by atoms with Crippen LogP contribution in [-0.4, -0.2) is 27.9 Å². The average molecular weight is 498 g/mol. The summed E-state index contributed by atoms with van der Waals surface area (Å²) in [7, 11) is 0. The molecule has 0 spiro atoms. The average Bonchev–Trinajstić information content (AvgIpc) is 2.92. The Hall–Kier alpha value is -4.59. The van der Waals surface area contributed by atoms with Gasteiger partial charge in [-0.05, 0) is 48.4 Å². The SMILES string of the molecule is CCCC(C)C(=O)c1cccc2c(NCc3cccc(OC(=O)OC(=O)c4ccccc4)c3)ncnc12. The van der Waals surface area contributed by atoms with Crippen LogP contribution in [0.2, 0.25) is 0 Å². The lowest BCUT2D eigenvalue weighted by atomic mass is 9.94. The highest BCUT2D eigenvalue weighted by Gasteiger charge is 2.19. The van der Waals surface area contributed by atoms with E-state index in [0.29, 0.717) is 23.4 Å². The van der Waals surface area contributed by atoms with Crippen LogP contribution in [0, 0.1) is 5.92 Å². The van der Waals surface area contributed by atoms with Gasteiger partial charge in [-0.2, -0.15) is 0 Å². The van der Waals surface area contributed by atoms with E-state index >= 15 is 0 Å². The minimum atomic E-state index is -1.12. The minimum Gasteiger partial charge on any atom is -0.395 e. The van der Waals surface area contributed by atoms with Crippen molar-refractivity contribution in [3.63, 3.8) is 0 Å². The monoisotopic (exact) mass is 497 g/mol. The number of hydrogen-bond donors (Lipinski definition) is 1. The molecule has 188 valence electrons. The summed E-state index contributed by atoms with van der Waals surface area (Å²) in [5.41, 5.74) is 2.24. The summed E-state index contributed by atoms with van der Waals surface area (Å²) in [6.45, 7) is 4.36. The lowest BCUT2D eigenvalue weighted by Crippen LogP contribution is -2.16. The van der Waals surface area contributed by atoms with Gasteiger partial charge in [-0.25, -0.2) is 19.6 Å². The van der Waals surface area contributed by atoms with Crippen molar-refractivity contribution < 1.29 is 23.9 Å². The molecule has 0 fully saturated rings. The molecule has 4 rings (SSSR count). The maximum atomic E-state index is 13.0. The van der Waals surface area contributed by atoms with Crippen LogP contribution in [0.3, 0.4) is 0 Å². The highest BCUT2D eigenvalue weighted by molar-refractivity contribution is 6.09. The number of nitrogens with zero attached hydrogens (tertiary/aromatic N) is 2. The van der Waals surface area contributed by atoms with Crippen molar-refractivity contribution in [3.8, 4) is 5.75 Å².